The molecule has 2 aromatic rings. The van der Waals surface area contributed by atoms with Crippen LogP contribution in [0.2, 0.25) is 0 Å². The third kappa shape index (κ3) is 3.77. The maximum Gasteiger partial charge on any atom is 0.261 e. The number of ether oxygens (including phenoxy) is 3. The number of hydrogen-bond acceptors (Lipinski definition) is 4. The molecule has 0 spiro atoms. The number of aryl methyl sites for hydroxylation is 1. The molecule has 0 aliphatic carbocycles. The Bertz CT molecular complexity index is 774. The highest BCUT2D eigenvalue weighted by molar-refractivity contribution is 5.79. The zero-order valence-electron chi connectivity index (χ0n) is 15.5. The fourth-order valence-corrected chi connectivity index (χ4v) is 3.43. The lowest BCUT2D eigenvalue weighted by Crippen LogP contribution is -2.34. The second-order valence-corrected chi connectivity index (χ2v) is 6.41. The predicted octanol–water partition coefficient (Wildman–Crippen LogP) is 3.75. The highest BCUT2D eigenvalue weighted by atomic mass is 16.5. The summed E-state index contributed by atoms with van der Waals surface area (Å²) in [6.07, 6.45) is 1.86. The molecule has 1 heterocycles. The standard InChI is InChI=1S/C21H25NO4/c1-15-7-4-5-9-19(15)26-14-21(23)22-12-6-8-18(22)17-13-16(24-2)10-11-20(17)25-3/h4-5,7,9-11,13,18H,6,8,12,14H2,1-3H3. The van der Waals surface area contributed by atoms with E-state index in [1.165, 1.54) is 0 Å². The van der Waals surface area contributed by atoms with Gasteiger partial charge in [-0.05, 0) is 49.6 Å². The summed E-state index contributed by atoms with van der Waals surface area (Å²) in [5, 5.41) is 0. The average molecular weight is 355 g/mol. The number of methoxy groups -OCH3 is 2. The van der Waals surface area contributed by atoms with E-state index >= 15 is 0 Å². The van der Waals surface area contributed by atoms with Crippen LogP contribution in [0.4, 0.5) is 0 Å². The van der Waals surface area contributed by atoms with E-state index in [4.69, 9.17) is 14.2 Å². The van der Waals surface area contributed by atoms with E-state index in [9.17, 15) is 4.79 Å². The molecule has 3 rings (SSSR count). The van der Waals surface area contributed by atoms with Gasteiger partial charge < -0.3 is 19.1 Å². The lowest BCUT2D eigenvalue weighted by molar-refractivity contribution is -0.134. The molecule has 0 bridgehead atoms. The SMILES string of the molecule is COc1ccc(OC)c(C2CCCN2C(=O)COc2ccccc2C)c1. The van der Waals surface area contributed by atoms with Crippen molar-refractivity contribution in [3.8, 4) is 17.2 Å². The van der Waals surface area contributed by atoms with Gasteiger partial charge in [-0.1, -0.05) is 18.2 Å². The molecule has 0 radical (unpaired) electrons. The number of rotatable bonds is 6. The maximum absolute atomic E-state index is 12.8. The minimum absolute atomic E-state index is 0.0133. The van der Waals surface area contributed by atoms with Gasteiger partial charge in [-0.3, -0.25) is 4.79 Å². The van der Waals surface area contributed by atoms with Crippen LogP contribution >= 0.6 is 0 Å². The Kier molecular flexibility index (Phi) is 5.66. The van der Waals surface area contributed by atoms with Crippen LogP contribution < -0.4 is 14.2 Å². The number of hydrogen-bond donors (Lipinski definition) is 0. The van der Waals surface area contributed by atoms with Crippen molar-refractivity contribution >= 4 is 5.91 Å². The summed E-state index contributed by atoms with van der Waals surface area (Å²) in [7, 11) is 3.28. The first-order valence-corrected chi connectivity index (χ1v) is 8.84. The minimum Gasteiger partial charge on any atom is -0.497 e. The monoisotopic (exact) mass is 355 g/mol. The molecule has 1 fully saturated rings. The third-order valence-electron chi connectivity index (χ3n) is 4.81. The highest BCUT2D eigenvalue weighted by Gasteiger charge is 2.32. The lowest BCUT2D eigenvalue weighted by Gasteiger charge is -2.26. The Morgan fingerprint density at radius 3 is 2.65 bits per heavy atom. The van der Waals surface area contributed by atoms with Crippen molar-refractivity contribution in [3.05, 3.63) is 53.6 Å². The van der Waals surface area contributed by atoms with E-state index in [0.717, 1.165) is 47.8 Å². The Morgan fingerprint density at radius 2 is 1.92 bits per heavy atom. The molecule has 1 unspecified atom stereocenters. The maximum atomic E-state index is 12.8. The van der Waals surface area contributed by atoms with Gasteiger partial charge in [0.15, 0.2) is 6.61 Å². The van der Waals surface area contributed by atoms with Gasteiger partial charge in [-0.2, -0.15) is 0 Å². The lowest BCUT2D eigenvalue weighted by atomic mass is 10.0. The minimum atomic E-state index is -0.0204. The molecular weight excluding hydrogens is 330 g/mol. The first kappa shape index (κ1) is 18.1. The van der Waals surface area contributed by atoms with Gasteiger partial charge in [0, 0.05) is 12.1 Å². The molecule has 0 aromatic heterocycles. The van der Waals surface area contributed by atoms with Crippen molar-refractivity contribution < 1.29 is 19.0 Å². The molecule has 1 atom stereocenters. The highest BCUT2D eigenvalue weighted by Crippen LogP contribution is 2.39. The van der Waals surface area contributed by atoms with Crippen molar-refractivity contribution in [3.63, 3.8) is 0 Å². The predicted molar refractivity (Wildman–Crippen MR) is 99.9 cm³/mol. The van der Waals surface area contributed by atoms with Crippen LogP contribution in [0.25, 0.3) is 0 Å². The van der Waals surface area contributed by atoms with E-state index in [0.29, 0.717) is 0 Å². The van der Waals surface area contributed by atoms with Crippen molar-refractivity contribution in [2.24, 2.45) is 0 Å². The van der Waals surface area contributed by atoms with Crippen molar-refractivity contribution in [2.75, 3.05) is 27.4 Å². The Morgan fingerprint density at radius 1 is 1.12 bits per heavy atom. The average Bonchev–Trinajstić information content (AvgIpc) is 3.16. The summed E-state index contributed by atoms with van der Waals surface area (Å²) in [5.41, 5.74) is 2.00. The zero-order valence-corrected chi connectivity index (χ0v) is 15.5. The van der Waals surface area contributed by atoms with Crippen LogP contribution in [0.5, 0.6) is 17.2 Å². The van der Waals surface area contributed by atoms with Gasteiger partial charge in [-0.15, -0.1) is 0 Å². The Hall–Kier alpha value is -2.69. The Labute approximate surface area is 154 Å². The molecule has 0 saturated carbocycles. The van der Waals surface area contributed by atoms with Gasteiger partial charge in [0.1, 0.15) is 17.2 Å². The summed E-state index contributed by atoms with van der Waals surface area (Å²) in [4.78, 5) is 14.7. The first-order chi connectivity index (χ1) is 12.6. The number of benzene rings is 2. The zero-order chi connectivity index (χ0) is 18.5. The number of amides is 1. The third-order valence-corrected chi connectivity index (χ3v) is 4.81. The van der Waals surface area contributed by atoms with Crippen LogP contribution in [0, 0.1) is 6.92 Å². The molecule has 5 heteroatoms. The number of para-hydroxylation sites is 1. The van der Waals surface area contributed by atoms with Crippen LogP contribution in [-0.4, -0.2) is 38.2 Å². The number of nitrogens with zero attached hydrogens (tertiary/aromatic N) is 1. The summed E-state index contributed by atoms with van der Waals surface area (Å²) in [5.74, 6) is 2.27. The first-order valence-electron chi connectivity index (χ1n) is 8.84. The van der Waals surface area contributed by atoms with Crippen LogP contribution in [-0.2, 0) is 4.79 Å². The number of carbonyl (C=O) groups is 1. The van der Waals surface area contributed by atoms with Crippen LogP contribution in [0.15, 0.2) is 42.5 Å². The molecule has 0 N–H and O–H groups in total. The number of carbonyl (C=O) groups excluding carboxylic acids is 1. The van der Waals surface area contributed by atoms with E-state index in [1.807, 2.05) is 54.3 Å². The Balaban J connectivity index is 1.75. The second kappa shape index (κ2) is 8.13. The van der Waals surface area contributed by atoms with Crippen molar-refractivity contribution in [1.29, 1.82) is 0 Å². The number of likely N-dealkylation sites (tertiary alicyclic amines) is 1. The van der Waals surface area contributed by atoms with Crippen LogP contribution in [0.3, 0.4) is 0 Å². The fourth-order valence-electron chi connectivity index (χ4n) is 3.43. The molecule has 1 aliphatic rings. The second-order valence-electron chi connectivity index (χ2n) is 6.41. The smallest absolute Gasteiger partial charge is 0.261 e. The normalized spacial score (nSPS) is 16.4. The molecule has 26 heavy (non-hydrogen) atoms. The van der Waals surface area contributed by atoms with E-state index in [2.05, 4.69) is 0 Å². The summed E-state index contributed by atoms with van der Waals surface area (Å²) in [6, 6.07) is 13.4. The quantitative estimate of drug-likeness (QED) is 0.792. The van der Waals surface area contributed by atoms with Gasteiger partial charge in [0.05, 0.1) is 20.3 Å². The van der Waals surface area contributed by atoms with Crippen LogP contribution in [0.1, 0.15) is 30.0 Å². The molecular formula is C21H25NO4. The fraction of sp³-hybridized carbons (Fsp3) is 0.381. The topological polar surface area (TPSA) is 48.0 Å². The van der Waals surface area contributed by atoms with Crippen molar-refractivity contribution in [2.45, 2.75) is 25.8 Å². The summed E-state index contributed by atoms with van der Waals surface area (Å²) in [6.45, 7) is 2.73. The van der Waals surface area contributed by atoms with Gasteiger partial charge in [0.25, 0.3) is 5.91 Å². The molecule has 5 nitrogen and oxygen atoms in total. The van der Waals surface area contributed by atoms with Crippen molar-refractivity contribution in [1.82, 2.24) is 4.90 Å². The van der Waals surface area contributed by atoms with Gasteiger partial charge in [-0.25, -0.2) is 0 Å². The van der Waals surface area contributed by atoms with E-state index in [1.54, 1.807) is 14.2 Å². The summed E-state index contributed by atoms with van der Waals surface area (Å²) >= 11 is 0. The van der Waals surface area contributed by atoms with E-state index in [-0.39, 0.29) is 18.6 Å². The molecule has 1 aliphatic heterocycles. The largest absolute Gasteiger partial charge is 0.497 e. The molecule has 1 saturated heterocycles. The summed E-state index contributed by atoms with van der Waals surface area (Å²) < 4.78 is 16.6. The van der Waals surface area contributed by atoms with Gasteiger partial charge >= 0.3 is 0 Å². The molecule has 2 aromatic carbocycles. The molecule has 1 amide bonds. The van der Waals surface area contributed by atoms with E-state index < -0.39 is 0 Å². The molecule has 138 valence electrons. The van der Waals surface area contributed by atoms with Gasteiger partial charge in [0.2, 0.25) is 0 Å².